The fourth-order valence-electron chi connectivity index (χ4n) is 1.64. The summed E-state index contributed by atoms with van der Waals surface area (Å²) in [6, 6.07) is 7.82. The zero-order valence-electron chi connectivity index (χ0n) is 11.3. The first-order valence-electron chi connectivity index (χ1n) is 5.71. The summed E-state index contributed by atoms with van der Waals surface area (Å²) in [5.74, 6) is -0.201. The van der Waals surface area contributed by atoms with Gasteiger partial charge in [-0.3, -0.25) is 4.79 Å². The van der Waals surface area contributed by atoms with Crippen molar-refractivity contribution < 1.29 is 9.53 Å². The standard InChI is InChI=1S/C13H19BrN2O2.ClH/c1-13(2,9-4-6-10(14)7-5-9)16-12(17)11(8-15)18-3;/h4-7,11H,8,15H2,1-3H3,(H,16,17);1H. The third-order valence-electron chi connectivity index (χ3n) is 2.79. The Morgan fingerprint density at radius 2 is 1.95 bits per heavy atom. The van der Waals surface area contributed by atoms with Crippen LogP contribution in [0.1, 0.15) is 19.4 Å². The van der Waals surface area contributed by atoms with Crippen molar-refractivity contribution in [2.24, 2.45) is 5.73 Å². The highest BCUT2D eigenvalue weighted by Crippen LogP contribution is 2.22. The van der Waals surface area contributed by atoms with E-state index in [0.717, 1.165) is 10.0 Å². The Balaban J connectivity index is 0.00000324. The van der Waals surface area contributed by atoms with E-state index < -0.39 is 11.6 Å². The molecule has 0 spiro atoms. The number of carbonyl (C=O) groups is 1. The topological polar surface area (TPSA) is 64.3 Å². The number of hydrogen-bond donors (Lipinski definition) is 2. The van der Waals surface area contributed by atoms with E-state index in [2.05, 4.69) is 21.2 Å². The van der Waals surface area contributed by atoms with Crippen LogP contribution in [0.5, 0.6) is 0 Å². The number of ether oxygens (including phenoxy) is 1. The largest absolute Gasteiger partial charge is 0.370 e. The van der Waals surface area contributed by atoms with Gasteiger partial charge in [-0.25, -0.2) is 0 Å². The molecule has 0 bridgehead atoms. The SMILES string of the molecule is COC(CN)C(=O)NC(C)(C)c1ccc(Br)cc1.Cl. The lowest BCUT2D eigenvalue weighted by molar-refractivity contribution is -0.132. The molecule has 0 saturated heterocycles. The van der Waals surface area contributed by atoms with E-state index in [0.29, 0.717) is 0 Å². The van der Waals surface area contributed by atoms with Gasteiger partial charge in [-0.1, -0.05) is 28.1 Å². The molecular formula is C13H20BrClN2O2. The number of rotatable bonds is 5. The summed E-state index contributed by atoms with van der Waals surface area (Å²) >= 11 is 3.38. The number of halogens is 2. The third-order valence-corrected chi connectivity index (χ3v) is 3.32. The molecule has 1 amide bonds. The normalized spacial score (nSPS) is 12.5. The zero-order valence-corrected chi connectivity index (χ0v) is 13.7. The van der Waals surface area contributed by atoms with E-state index in [9.17, 15) is 4.79 Å². The molecule has 0 radical (unpaired) electrons. The Labute approximate surface area is 128 Å². The molecule has 0 saturated carbocycles. The number of amides is 1. The number of nitrogens with two attached hydrogens (primary N) is 1. The molecule has 19 heavy (non-hydrogen) atoms. The molecule has 1 rings (SSSR count). The Hall–Kier alpha value is -0.620. The van der Waals surface area contributed by atoms with Gasteiger partial charge in [-0.05, 0) is 31.5 Å². The highest BCUT2D eigenvalue weighted by molar-refractivity contribution is 9.10. The van der Waals surface area contributed by atoms with Crippen LogP contribution in [0.25, 0.3) is 0 Å². The van der Waals surface area contributed by atoms with Gasteiger partial charge in [0.05, 0.1) is 5.54 Å². The first-order chi connectivity index (χ1) is 8.40. The molecule has 0 aromatic heterocycles. The van der Waals surface area contributed by atoms with Gasteiger partial charge in [0.15, 0.2) is 0 Å². The smallest absolute Gasteiger partial charge is 0.251 e. The first-order valence-corrected chi connectivity index (χ1v) is 6.51. The molecule has 0 heterocycles. The van der Waals surface area contributed by atoms with E-state index in [4.69, 9.17) is 10.5 Å². The lowest BCUT2D eigenvalue weighted by Gasteiger charge is -2.28. The maximum Gasteiger partial charge on any atom is 0.251 e. The average molecular weight is 352 g/mol. The maximum atomic E-state index is 11.9. The summed E-state index contributed by atoms with van der Waals surface area (Å²) in [6.07, 6.45) is -0.611. The maximum absolute atomic E-state index is 11.9. The summed E-state index contributed by atoms with van der Waals surface area (Å²) in [4.78, 5) is 11.9. The Bertz CT molecular complexity index is 406. The Morgan fingerprint density at radius 1 is 1.42 bits per heavy atom. The minimum Gasteiger partial charge on any atom is -0.370 e. The predicted octanol–water partition coefficient (Wildman–Crippen LogP) is 2.20. The van der Waals surface area contributed by atoms with Gasteiger partial charge in [0.25, 0.3) is 5.91 Å². The van der Waals surface area contributed by atoms with Crippen LogP contribution >= 0.6 is 28.3 Å². The van der Waals surface area contributed by atoms with Crippen molar-refractivity contribution in [3.05, 3.63) is 34.3 Å². The summed E-state index contributed by atoms with van der Waals surface area (Å²) in [5.41, 5.74) is 6.02. The van der Waals surface area contributed by atoms with Crippen LogP contribution in [0, 0.1) is 0 Å². The van der Waals surface area contributed by atoms with Gasteiger partial charge in [0, 0.05) is 18.1 Å². The highest BCUT2D eigenvalue weighted by atomic mass is 79.9. The van der Waals surface area contributed by atoms with Crippen LogP contribution in [-0.2, 0) is 15.1 Å². The van der Waals surface area contributed by atoms with Crippen molar-refractivity contribution in [2.45, 2.75) is 25.5 Å². The molecule has 0 fully saturated rings. The molecule has 6 heteroatoms. The second-order valence-electron chi connectivity index (χ2n) is 4.58. The number of nitrogens with one attached hydrogen (secondary N) is 1. The number of benzene rings is 1. The fourth-order valence-corrected chi connectivity index (χ4v) is 1.90. The molecule has 4 nitrogen and oxygen atoms in total. The van der Waals surface area contributed by atoms with E-state index in [1.54, 1.807) is 0 Å². The number of carbonyl (C=O) groups excluding carboxylic acids is 1. The molecule has 0 aliphatic carbocycles. The van der Waals surface area contributed by atoms with Crippen LogP contribution < -0.4 is 11.1 Å². The average Bonchev–Trinajstić information content (AvgIpc) is 2.30. The van der Waals surface area contributed by atoms with Gasteiger partial charge >= 0.3 is 0 Å². The molecule has 0 aliphatic heterocycles. The molecule has 3 N–H and O–H groups in total. The molecule has 1 aromatic rings. The second kappa shape index (κ2) is 7.85. The van der Waals surface area contributed by atoms with Gasteiger partial charge in [-0.2, -0.15) is 0 Å². The van der Waals surface area contributed by atoms with Crippen molar-refractivity contribution in [3.63, 3.8) is 0 Å². The third kappa shape index (κ3) is 5.10. The fraction of sp³-hybridized carbons (Fsp3) is 0.462. The van der Waals surface area contributed by atoms with Crippen molar-refractivity contribution in [2.75, 3.05) is 13.7 Å². The molecule has 1 aromatic carbocycles. The van der Waals surface area contributed by atoms with E-state index in [-0.39, 0.29) is 24.9 Å². The minimum atomic E-state index is -0.611. The molecule has 0 aliphatic rings. The number of hydrogen-bond acceptors (Lipinski definition) is 3. The second-order valence-corrected chi connectivity index (χ2v) is 5.50. The van der Waals surface area contributed by atoms with Crippen molar-refractivity contribution in [3.8, 4) is 0 Å². The van der Waals surface area contributed by atoms with Gasteiger partial charge in [0.1, 0.15) is 6.10 Å². The van der Waals surface area contributed by atoms with Crippen LogP contribution in [-0.4, -0.2) is 25.7 Å². The van der Waals surface area contributed by atoms with E-state index >= 15 is 0 Å². The number of methoxy groups -OCH3 is 1. The van der Waals surface area contributed by atoms with E-state index in [1.165, 1.54) is 7.11 Å². The highest BCUT2D eigenvalue weighted by Gasteiger charge is 2.26. The quantitative estimate of drug-likeness (QED) is 0.855. The molecular weight excluding hydrogens is 332 g/mol. The van der Waals surface area contributed by atoms with Crippen molar-refractivity contribution >= 4 is 34.2 Å². The molecule has 1 unspecified atom stereocenters. The van der Waals surface area contributed by atoms with Gasteiger partial charge < -0.3 is 15.8 Å². The van der Waals surface area contributed by atoms with Gasteiger partial charge in [0.2, 0.25) is 0 Å². The predicted molar refractivity (Wildman–Crippen MR) is 82.4 cm³/mol. The zero-order chi connectivity index (χ0) is 13.8. The summed E-state index contributed by atoms with van der Waals surface area (Å²) < 4.78 is 6.02. The Morgan fingerprint density at radius 3 is 2.37 bits per heavy atom. The van der Waals surface area contributed by atoms with Gasteiger partial charge in [-0.15, -0.1) is 12.4 Å². The summed E-state index contributed by atoms with van der Waals surface area (Å²) in [5, 5.41) is 2.93. The summed E-state index contributed by atoms with van der Waals surface area (Å²) in [6.45, 7) is 4.05. The van der Waals surface area contributed by atoms with Crippen molar-refractivity contribution in [1.29, 1.82) is 0 Å². The lowest BCUT2D eigenvalue weighted by atomic mass is 9.94. The molecule has 108 valence electrons. The lowest BCUT2D eigenvalue weighted by Crippen LogP contribution is -2.48. The molecule has 1 atom stereocenters. The monoisotopic (exact) mass is 350 g/mol. The Kier molecular flexibility index (Phi) is 7.59. The van der Waals surface area contributed by atoms with Crippen LogP contribution in [0.4, 0.5) is 0 Å². The first kappa shape index (κ1) is 18.4. The summed E-state index contributed by atoms with van der Waals surface area (Å²) in [7, 11) is 1.48. The van der Waals surface area contributed by atoms with Crippen LogP contribution in [0.15, 0.2) is 28.7 Å². The minimum absolute atomic E-state index is 0. The van der Waals surface area contributed by atoms with Crippen LogP contribution in [0.2, 0.25) is 0 Å². The van der Waals surface area contributed by atoms with E-state index in [1.807, 2.05) is 38.1 Å². The van der Waals surface area contributed by atoms with Crippen LogP contribution in [0.3, 0.4) is 0 Å². The van der Waals surface area contributed by atoms with Crippen molar-refractivity contribution in [1.82, 2.24) is 5.32 Å².